The first-order chi connectivity index (χ1) is 12.3. The van der Waals surface area contributed by atoms with Crippen LogP contribution in [0.3, 0.4) is 0 Å². The number of rotatable bonds is 4. The zero-order valence-corrected chi connectivity index (χ0v) is 15.2. The van der Waals surface area contributed by atoms with E-state index >= 15 is 0 Å². The van der Waals surface area contributed by atoms with Crippen LogP contribution >= 0.6 is 22.9 Å². The molecule has 1 N–H and O–H groups in total. The van der Waals surface area contributed by atoms with Crippen molar-refractivity contribution in [3.63, 3.8) is 0 Å². The van der Waals surface area contributed by atoms with Crippen LogP contribution in [0.2, 0.25) is 5.02 Å². The Balaban J connectivity index is 1.73. The van der Waals surface area contributed by atoms with Crippen molar-refractivity contribution in [2.75, 3.05) is 13.2 Å². The van der Waals surface area contributed by atoms with Crippen molar-refractivity contribution in [2.24, 2.45) is 0 Å². The van der Waals surface area contributed by atoms with E-state index in [0.29, 0.717) is 13.2 Å². The van der Waals surface area contributed by atoms with Gasteiger partial charge in [-0.1, -0.05) is 23.7 Å². The van der Waals surface area contributed by atoms with Gasteiger partial charge in [-0.15, -0.1) is 0 Å². The van der Waals surface area contributed by atoms with E-state index in [1.807, 2.05) is 24.3 Å². The Morgan fingerprint density at radius 1 is 1.16 bits per heavy atom. The predicted molar refractivity (Wildman–Crippen MR) is 103 cm³/mol. The number of hydrogen-bond acceptors (Lipinski definition) is 4. The van der Waals surface area contributed by atoms with Crippen LogP contribution in [-0.2, 0) is 13.2 Å². The molecule has 128 valence electrons. The summed E-state index contributed by atoms with van der Waals surface area (Å²) in [4.78, 5) is 0. The third-order valence-corrected chi connectivity index (χ3v) is 5.07. The van der Waals surface area contributed by atoms with Crippen molar-refractivity contribution in [1.29, 1.82) is 0 Å². The standard InChI is InChI=1S/C20H18ClNO2S/c21-18-3-1-2-15(9-18)16-8-17-11-22-5-6-23-20(17)19(10-16)24-12-14-4-7-25-13-14/h1-4,7-10,13,22H,5-6,11-12H2. The molecule has 0 spiro atoms. The molecule has 0 radical (unpaired) electrons. The number of thiophene rings is 1. The molecule has 0 bridgehead atoms. The van der Waals surface area contributed by atoms with E-state index in [-0.39, 0.29) is 0 Å². The van der Waals surface area contributed by atoms with Crippen LogP contribution in [0.1, 0.15) is 11.1 Å². The molecule has 5 heteroatoms. The van der Waals surface area contributed by atoms with Crippen molar-refractivity contribution in [2.45, 2.75) is 13.2 Å². The lowest BCUT2D eigenvalue weighted by Crippen LogP contribution is -2.16. The van der Waals surface area contributed by atoms with Crippen molar-refractivity contribution < 1.29 is 9.47 Å². The number of benzene rings is 2. The molecule has 25 heavy (non-hydrogen) atoms. The van der Waals surface area contributed by atoms with Gasteiger partial charge in [0.25, 0.3) is 0 Å². The minimum atomic E-state index is 0.533. The van der Waals surface area contributed by atoms with Crippen molar-refractivity contribution >= 4 is 22.9 Å². The van der Waals surface area contributed by atoms with Gasteiger partial charge in [-0.2, -0.15) is 11.3 Å². The Kier molecular flexibility index (Phi) is 4.92. The lowest BCUT2D eigenvalue weighted by Gasteiger charge is -2.16. The molecule has 4 rings (SSSR count). The van der Waals surface area contributed by atoms with Crippen molar-refractivity contribution in [3.8, 4) is 22.6 Å². The van der Waals surface area contributed by atoms with Crippen LogP contribution in [0.5, 0.6) is 11.5 Å². The first-order valence-electron chi connectivity index (χ1n) is 8.20. The van der Waals surface area contributed by atoms with Gasteiger partial charge in [0.1, 0.15) is 13.2 Å². The summed E-state index contributed by atoms with van der Waals surface area (Å²) in [6.07, 6.45) is 0. The second-order valence-electron chi connectivity index (χ2n) is 5.92. The summed E-state index contributed by atoms with van der Waals surface area (Å²) in [5.74, 6) is 1.62. The number of fused-ring (bicyclic) bond motifs is 1. The first-order valence-corrected chi connectivity index (χ1v) is 9.52. The van der Waals surface area contributed by atoms with E-state index < -0.39 is 0 Å². The minimum Gasteiger partial charge on any atom is -0.488 e. The number of hydrogen-bond donors (Lipinski definition) is 1. The van der Waals surface area contributed by atoms with E-state index in [0.717, 1.165) is 46.3 Å². The fraction of sp³-hybridized carbons (Fsp3) is 0.200. The fourth-order valence-electron chi connectivity index (χ4n) is 2.88. The largest absolute Gasteiger partial charge is 0.488 e. The molecule has 3 nitrogen and oxygen atoms in total. The molecule has 0 saturated carbocycles. The molecule has 1 aromatic heterocycles. The Hall–Kier alpha value is -2.01. The average Bonchev–Trinajstić information content (AvgIpc) is 3.03. The Morgan fingerprint density at radius 3 is 2.96 bits per heavy atom. The molecule has 3 aromatic rings. The molecule has 0 atom stereocenters. The average molecular weight is 372 g/mol. The van der Waals surface area contributed by atoms with Gasteiger partial charge in [0.2, 0.25) is 0 Å². The minimum absolute atomic E-state index is 0.533. The van der Waals surface area contributed by atoms with Gasteiger partial charge >= 0.3 is 0 Å². The first kappa shape index (κ1) is 16.5. The SMILES string of the molecule is Clc1cccc(-c2cc3c(c(OCc4ccsc4)c2)OCCNC3)c1. The van der Waals surface area contributed by atoms with E-state index in [4.69, 9.17) is 21.1 Å². The molecule has 0 aliphatic carbocycles. The van der Waals surface area contributed by atoms with Crippen LogP contribution in [0.15, 0.2) is 53.2 Å². The highest BCUT2D eigenvalue weighted by Crippen LogP contribution is 2.38. The molecule has 0 unspecified atom stereocenters. The normalized spacial score (nSPS) is 13.6. The van der Waals surface area contributed by atoms with Crippen LogP contribution in [-0.4, -0.2) is 13.2 Å². The lowest BCUT2D eigenvalue weighted by molar-refractivity contribution is 0.266. The van der Waals surface area contributed by atoms with Crippen LogP contribution < -0.4 is 14.8 Å². The van der Waals surface area contributed by atoms with Gasteiger partial charge in [-0.3, -0.25) is 0 Å². The van der Waals surface area contributed by atoms with E-state index in [1.54, 1.807) is 11.3 Å². The zero-order valence-electron chi connectivity index (χ0n) is 13.6. The molecular formula is C20H18ClNO2S. The third-order valence-electron chi connectivity index (χ3n) is 4.10. The Labute approximate surface area is 156 Å². The van der Waals surface area contributed by atoms with E-state index in [9.17, 15) is 0 Å². The molecule has 1 aliphatic heterocycles. The maximum absolute atomic E-state index is 6.17. The molecular weight excluding hydrogens is 354 g/mol. The quantitative estimate of drug-likeness (QED) is 0.689. The van der Waals surface area contributed by atoms with Crippen LogP contribution in [0, 0.1) is 0 Å². The van der Waals surface area contributed by atoms with Crippen molar-refractivity contribution in [3.05, 3.63) is 69.4 Å². The Morgan fingerprint density at radius 2 is 2.12 bits per heavy atom. The van der Waals surface area contributed by atoms with Crippen LogP contribution in [0.25, 0.3) is 11.1 Å². The molecule has 2 aromatic carbocycles. The zero-order chi connectivity index (χ0) is 17.1. The molecule has 0 saturated heterocycles. The maximum Gasteiger partial charge on any atom is 0.165 e. The van der Waals surface area contributed by atoms with Gasteiger partial charge in [0, 0.05) is 23.7 Å². The molecule has 1 aliphatic rings. The number of ether oxygens (including phenoxy) is 2. The fourth-order valence-corrected chi connectivity index (χ4v) is 3.72. The highest BCUT2D eigenvalue weighted by atomic mass is 35.5. The Bertz CT molecular complexity index is 864. The number of halogens is 1. The van der Waals surface area contributed by atoms with Gasteiger partial charge in [-0.25, -0.2) is 0 Å². The highest BCUT2D eigenvalue weighted by molar-refractivity contribution is 7.07. The highest BCUT2D eigenvalue weighted by Gasteiger charge is 2.17. The predicted octanol–water partition coefficient (Wildman–Crippen LogP) is 5.13. The summed E-state index contributed by atoms with van der Waals surface area (Å²) in [5.41, 5.74) is 4.42. The molecule has 2 heterocycles. The summed E-state index contributed by atoms with van der Waals surface area (Å²) in [7, 11) is 0. The van der Waals surface area contributed by atoms with Gasteiger partial charge in [-0.05, 0) is 57.8 Å². The smallest absolute Gasteiger partial charge is 0.165 e. The second kappa shape index (κ2) is 7.48. The number of nitrogens with one attached hydrogen (secondary N) is 1. The summed E-state index contributed by atoms with van der Waals surface area (Å²) in [5, 5.41) is 8.27. The van der Waals surface area contributed by atoms with E-state index in [2.05, 4.69) is 34.3 Å². The monoisotopic (exact) mass is 371 g/mol. The van der Waals surface area contributed by atoms with Crippen molar-refractivity contribution in [1.82, 2.24) is 5.32 Å². The second-order valence-corrected chi connectivity index (χ2v) is 7.13. The third kappa shape index (κ3) is 3.82. The summed E-state index contributed by atoms with van der Waals surface area (Å²) < 4.78 is 12.1. The van der Waals surface area contributed by atoms with Crippen LogP contribution in [0.4, 0.5) is 0 Å². The summed E-state index contributed by atoms with van der Waals surface area (Å²) in [6.45, 7) is 2.76. The maximum atomic E-state index is 6.17. The molecule has 0 fully saturated rings. The van der Waals surface area contributed by atoms with E-state index in [1.165, 1.54) is 5.56 Å². The van der Waals surface area contributed by atoms with Gasteiger partial charge in [0.15, 0.2) is 11.5 Å². The van der Waals surface area contributed by atoms with Gasteiger partial charge < -0.3 is 14.8 Å². The molecule has 0 amide bonds. The lowest BCUT2D eigenvalue weighted by atomic mass is 10.0. The summed E-state index contributed by atoms with van der Waals surface area (Å²) in [6, 6.07) is 14.1. The topological polar surface area (TPSA) is 30.5 Å². The summed E-state index contributed by atoms with van der Waals surface area (Å²) >= 11 is 7.84. The van der Waals surface area contributed by atoms with Gasteiger partial charge in [0.05, 0.1) is 0 Å².